The summed E-state index contributed by atoms with van der Waals surface area (Å²) in [4.78, 5) is 12.0. The summed E-state index contributed by atoms with van der Waals surface area (Å²) in [5.74, 6) is -0.583. The minimum absolute atomic E-state index is 0.0128. The molecule has 0 fully saturated rings. The first-order valence-electron chi connectivity index (χ1n) is 6.20. The van der Waals surface area contributed by atoms with Crippen molar-refractivity contribution in [2.45, 2.75) is 0 Å². The van der Waals surface area contributed by atoms with Gasteiger partial charge < -0.3 is 15.8 Å². The number of ether oxygens (including phenoxy) is 1. The molecule has 1 amide bonds. The van der Waals surface area contributed by atoms with Crippen molar-refractivity contribution in [3.8, 4) is 5.75 Å². The van der Waals surface area contributed by atoms with Gasteiger partial charge in [-0.05, 0) is 24.3 Å². The number of nitrogens with one attached hydrogen (secondary N) is 1. The number of rotatable bonds is 5. The lowest BCUT2D eigenvalue weighted by Gasteiger charge is -2.12. The maximum Gasteiger partial charge on any atom is 0.258 e. The van der Waals surface area contributed by atoms with E-state index in [1.807, 2.05) is 0 Å². The number of nitrogens with two attached hydrogens (primary N) is 1. The summed E-state index contributed by atoms with van der Waals surface area (Å²) in [6.45, 7) is 0.710. The minimum Gasteiger partial charge on any atom is -0.490 e. The van der Waals surface area contributed by atoms with Crippen molar-refractivity contribution in [2.24, 2.45) is 5.73 Å². The van der Waals surface area contributed by atoms with E-state index < -0.39 is 11.7 Å². The second-order valence-electron chi connectivity index (χ2n) is 4.07. The Hall–Kier alpha value is -2.40. The zero-order valence-corrected chi connectivity index (χ0v) is 10.8. The van der Waals surface area contributed by atoms with E-state index in [1.165, 1.54) is 18.2 Å². The molecule has 0 atom stereocenters. The highest BCUT2D eigenvalue weighted by Gasteiger charge is 2.13. The van der Waals surface area contributed by atoms with E-state index in [-0.39, 0.29) is 5.56 Å². The third-order valence-corrected chi connectivity index (χ3v) is 2.63. The first-order valence-corrected chi connectivity index (χ1v) is 6.20. The van der Waals surface area contributed by atoms with Crippen LogP contribution >= 0.6 is 0 Å². The predicted molar refractivity (Wildman–Crippen MR) is 75.3 cm³/mol. The van der Waals surface area contributed by atoms with E-state index in [2.05, 4.69) is 5.32 Å². The highest BCUT2D eigenvalue weighted by atomic mass is 19.1. The van der Waals surface area contributed by atoms with E-state index in [0.717, 1.165) is 0 Å². The molecule has 0 radical (unpaired) electrons. The van der Waals surface area contributed by atoms with Crippen LogP contribution in [0.5, 0.6) is 5.75 Å². The molecule has 4 nitrogen and oxygen atoms in total. The third-order valence-electron chi connectivity index (χ3n) is 2.63. The first-order chi connectivity index (χ1) is 9.72. The smallest absolute Gasteiger partial charge is 0.258 e. The van der Waals surface area contributed by atoms with Gasteiger partial charge >= 0.3 is 0 Å². The maximum atomic E-state index is 13.5. The number of hydrogen-bond donors (Lipinski definition) is 2. The lowest BCUT2D eigenvalue weighted by atomic mass is 10.2. The van der Waals surface area contributed by atoms with Gasteiger partial charge in [0.15, 0.2) is 0 Å². The van der Waals surface area contributed by atoms with Crippen LogP contribution in [0.1, 0.15) is 10.4 Å². The predicted octanol–water partition coefficient (Wildman–Crippen LogP) is 2.42. The Kier molecular flexibility index (Phi) is 4.68. The van der Waals surface area contributed by atoms with Crippen molar-refractivity contribution < 1.29 is 13.9 Å². The van der Waals surface area contributed by atoms with Crippen LogP contribution in [0.4, 0.5) is 10.1 Å². The second kappa shape index (κ2) is 6.68. The number of carbonyl (C=O) groups is 1. The SMILES string of the molecule is NCCOc1ccccc1NC(=O)c1ccccc1F. The van der Waals surface area contributed by atoms with Crippen LogP contribution in [0.3, 0.4) is 0 Å². The monoisotopic (exact) mass is 274 g/mol. The molecule has 104 valence electrons. The molecule has 0 aliphatic heterocycles. The highest BCUT2D eigenvalue weighted by molar-refractivity contribution is 6.05. The van der Waals surface area contributed by atoms with E-state index in [4.69, 9.17) is 10.5 Å². The van der Waals surface area contributed by atoms with E-state index >= 15 is 0 Å². The van der Waals surface area contributed by atoms with Crippen molar-refractivity contribution in [1.82, 2.24) is 0 Å². The van der Waals surface area contributed by atoms with Gasteiger partial charge in [-0.3, -0.25) is 4.79 Å². The Morgan fingerprint density at radius 2 is 1.85 bits per heavy atom. The third kappa shape index (κ3) is 3.33. The molecule has 0 aliphatic carbocycles. The largest absolute Gasteiger partial charge is 0.490 e. The number of para-hydroxylation sites is 2. The maximum absolute atomic E-state index is 13.5. The molecule has 3 N–H and O–H groups in total. The van der Waals surface area contributed by atoms with Crippen LogP contribution in [0, 0.1) is 5.82 Å². The normalized spacial score (nSPS) is 10.1. The summed E-state index contributed by atoms with van der Waals surface area (Å²) >= 11 is 0. The summed E-state index contributed by atoms with van der Waals surface area (Å²) in [5.41, 5.74) is 5.84. The summed E-state index contributed by atoms with van der Waals surface area (Å²) in [6, 6.07) is 12.7. The average molecular weight is 274 g/mol. The Morgan fingerprint density at radius 1 is 1.15 bits per heavy atom. The average Bonchev–Trinajstić information content (AvgIpc) is 2.46. The number of carbonyl (C=O) groups excluding carboxylic acids is 1. The van der Waals surface area contributed by atoms with Gasteiger partial charge in [0.25, 0.3) is 5.91 Å². The second-order valence-corrected chi connectivity index (χ2v) is 4.07. The van der Waals surface area contributed by atoms with Gasteiger partial charge in [0.1, 0.15) is 18.2 Å². The van der Waals surface area contributed by atoms with Crippen LogP contribution in [0.25, 0.3) is 0 Å². The van der Waals surface area contributed by atoms with Crippen LogP contribution in [0.15, 0.2) is 48.5 Å². The van der Waals surface area contributed by atoms with E-state index in [9.17, 15) is 9.18 Å². The molecule has 5 heteroatoms. The van der Waals surface area contributed by atoms with Crippen LogP contribution in [-0.4, -0.2) is 19.1 Å². The van der Waals surface area contributed by atoms with E-state index in [1.54, 1.807) is 30.3 Å². The molecule has 0 aromatic heterocycles. The topological polar surface area (TPSA) is 64.3 Å². The van der Waals surface area contributed by atoms with Crippen molar-refractivity contribution in [3.05, 3.63) is 59.9 Å². The molecule has 2 aromatic rings. The number of amides is 1. The van der Waals surface area contributed by atoms with E-state index in [0.29, 0.717) is 24.6 Å². The Labute approximate surface area is 116 Å². The van der Waals surface area contributed by atoms with Crippen LogP contribution in [0.2, 0.25) is 0 Å². The van der Waals surface area contributed by atoms with Gasteiger partial charge in [0.2, 0.25) is 0 Å². The fraction of sp³-hybridized carbons (Fsp3) is 0.133. The minimum atomic E-state index is -0.564. The molecule has 0 bridgehead atoms. The Balaban J connectivity index is 2.18. The number of hydrogen-bond acceptors (Lipinski definition) is 3. The molecular formula is C15H15FN2O2. The molecule has 0 heterocycles. The van der Waals surface area contributed by atoms with Crippen LogP contribution < -0.4 is 15.8 Å². The van der Waals surface area contributed by atoms with Gasteiger partial charge in [0.05, 0.1) is 11.3 Å². The van der Waals surface area contributed by atoms with Gasteiger partial charge in [-0.15, -0.1) is 0 Å². The summed E-state index contributed by atoms with van der Waals surface area (Å²) in [7, 11) is 0. The molecule has 2 aromatic carbocycles. The number of halogens is 1. The molecule has 20 heavy (non-hydrogen) atoms. The molecule has 0 spiro atoms. The van der Waals surface area contributed by atoms with Crippen molar-refractivity contribution >= 4 is 11.6 Å². The van der Waals surface area contributed by atoms with Gasteiger partial charge in [0, 0.05) is 6.54 Å². The number of benzene rings is 2. The lowest BCUT2D eigenvalue weighted by molar-refractivity contribution is 0.102. The lowest BCUT2D eigenvalue weighted by Crippen LogP contribution is -2.16. The molecule has 0 unspecified atom stereocenters. The molecular weight excluding hydrogens is 259 g/mol. The quantitative estimate of drug-likeness (QED) is 0.880. The van der Waals surface area contributed by atoms with Gasteiger partial charge in [-0.2, -0.15) is 0 Å². The highest BCUT2D eigenvalue weighted by Crippen LogP contribution is 2.24. The first kappa shape index (κ1) is 14.0. The van der Waals surface area contributed by atoms with Gasteiger partial charge in [-0.1, -0.05) is 24.3 Å². The molecule has 0 saturated heterocycles. The number of anilines is 1. The Bertz CT molecular complexity index is 602. The molecule has 2 rings (SSSR count). The fourth-order valence-electron chi connectivity index (χ4n) is 1.70. The summed E-state index contributed by atoms with van der Waals surface area (Å²) in [6.07, 6.45) is 0. The van der Waals surface area contributed by atoms with Crippen molar-refractivity contribution in [2.75, 3.05) is 18.5 Å². The zero-order chi connectivity index (χ0) is 14.4. The van der Waals surface area contributed by atoms with Crippen molar-refractivity contribution in [3.63, 3.8) is 0 Å². The summed E-state index contributed by atoms with van der Waals surface area (Å²) < 4.78 is 19.0. The standard InChI is InChI=1S/C15H15FN2O2/c16-12-6-2-1-5-11(12)15(19)18-13-7-3-4-8-14(13)20-10-9-17/h1-8H,9-10,17H2,(H,18,19). The molecule has 0 aliphatic rings. The Morgan fingerprint density at radius 3 is 2.60 bits per heavy atom. The summed E-state index contributed by atoms with van der Waals surface area (Å²) in [5, 5.41) is 2.63. The molecule has 0 saturated carbocycles. The fourth-order valence-corrected chi connectivity index (χ4v) is 1.70. The van der Waals surface area contributed by atoms with Crippen molar-refractivity contribution in [1.29, 1.82) is 0 Å². The van der Waals surface area contributed by atoms with Gasteiger partial charge in [-0.25, -0.2) is 4.39 Å². The van der Waals surface area contributed by atoms with Crippen LogP contribution in [-0.2, 0) is 0 Å². The zero-order valence-electron chi connectivity index (χ0n) is 10.8.